The van der Waals surface area contributed by atoms with Crippen molar-refractivity contribution in [3.8, 4) is 5.88 Å². The number of halogens is 5. The molecule has 0 unspecified atom stereocenters. The van der Waals surface area contributed by atoms with Gasteiger partial charge in [-0.2, -0.15) is 26.9 Å². The monoisotopic (exact) mass is 311 g/mol. The summed E-state index contributed by atoms with van der Waals surface area (Å²) in [4.78, 5) is 8.15. The van der Waals surface area contributed by atoms with Crippen molar-refractivity contribution in [2.24, 2.45) is 0 Å². The van der Waals surface area contributed by atoms with Crippen molar-refractivity contribution in [2.45, 2.75) is 37.8 Å². The van der Waals surface area contributed by atoms with E-state index in [-0.39, 0.29) is 11.8 Å². The minimum atomic E-state index is -5.65. The molecule has 4 nitrogen and oxygen atoms in total. The van der Waals surface area contributed by atoms with E-state index in [0.717, 1.165) is 12.8 Å². The number of alkyl halides is 5. The molecule has 118 valence electrons. The van der Waals surface area contributed by atoms with Crippen molar-refractivity contribution in [1.82, 2.24) is 9.97 Å². The van der Waals surface area contributed by atoms with Crippen LogP contribution in [0, 0.1) is 6.92 Å². The smallest absolute Gasteiger partial charge is 0.456 e. The van der Waals surface area contributed by atoms with Crippen LogP contribution in [0.5, 0.6) is 5.88 Å². The fourth-order valence-corrected chi connectivity index (χ4v) is 1.66. The van der Waals surface area contributed by atoms with Gasteiger partial charge in [0.15, 0.2) is 6.61 Å². The van der Waals surface area contributed by atoms with Crippen LogP contribution >= 0.6 is 0 Å². The Balaban J connectivity index is 2.21. The topological polar surface area (TPSA) is 47.0 Å². The summed E-state index contributed by atoms with van der Waals surface area (Å²) in [7, 11) is 1.57. The molecule has 1 N–H and O–H groups in total. The molecule has 2 rings (SSSR count). The van der Waals surface area contributed by atoms with Gasteiger partial charge >= 0.3 is 12.1 Å². The zero-order valence-corrected chi connectivity index (χ0v) is 11.4. The van der Waals surface area contributed by atoms with E-state index in [1.54, 1.807) is 7.05 Å². The van der Waals surface area contributed by atoms with Gasteiger partial charge in [-0.15, -0.1) is 0 Å². The second-order valence-corrected chi connectivity index (χ2v) is 4.88. The average Bonchev–Trinajstić information content (AvgIpc) is 3.20. The molecular weight excluding hydrogens is 297 g/mol. The molecule has 0 spiro atoms. The van der Waals surface area contributed by atoms with E-state index in [2.05, 4.69) is 20.0 Å². The molecule has 0 saturated heterocycles. The van der Waals surface area contributed by atoms with Crippen molar-refractivity contribution in [3.63, 3.8) is 0 Å². The number of hydrogen-bond donors (Lipinski definition) is 1. The molecule has 21 heavy (non-hydrogen) atoms. The number of rotatable bonds is 5. The third kappa shape index (κ3) is 3.33. The summed E-state index contributed by atoms with van der Waals surface area (Å²) in [5.74, 6) is -4.31. The lowest BCUT2D eigenvalue weighted by Crippen LogP contribution is -2.42. The van der Waals surface area contributed by atoms with E-state index in [1.807, 2.05) is 0 Å². The SMILES string of the molecule is CNc1nc(C2CC2)nc(OCC(F)(F)C(F)(F)F)c1C. The minimum absolute atomic E-state index is 0.114. The maximum atomic E-state index is 12.9. The van der Waals surface area contributed by atoms with Gasteiger partial charge in [0.2, 0.25) is 5.88 Å². The first-order valence-corrected chi connectivity index (χ1v) is 6.29. The first-order valence-electron chi connectivity index (χ1n) is 6.29. The third-order valence-corrected chi connectivity index (χ3v) is 3.10. The Kier molecular flexibility index (Phi) is 3.94. The summed E-state index contributed by atoms with van der Waals surface area (Å²) in [5.41, 5.74) is 0.292. The van der Waals surface area contributed by atoms with Gasteiger partial charge in [0.05, 0.1) is 5.56 Å². The van der Waals surface area contributed by atoms with E-state index in [0.29, 0.717) is 17.2 Å². The largest absolute Gasteiger partial charge is 0.471 e. The molecule has 0 radical (unpaired) electrons. The highest BCUT2D eigenvalue weighted by Crippen LogP contribution is 2.40. The molecule has 0 amide bonds. The molecule has 1 saturated carbocycles. The Morgan fingerprint density at radius 3 is 2.29 bits per heavy atom. The number of nitrogens with one attached hydrogen (secondary N) is 1. The highest BCUT2D eigenvalue weighted by atomic mass is 19.4. The van der Waals surface area contributed by atoms with Crippen LogP contribution in [0.4, 0.5) is 27.8 Å². The Morgan fingerprint density at radius 1 is 1.19 bits per heavy atom. The van der Waals surface area contributed by atoms with Crippen LogP contribution < -0.4 is 10.1 Å². The Labute approximate surface area is 117 Å². The van der Waals surface area contributed by atoms with Crippen LogP contribution in [0.1, 0.15) is 30.1 Å². The summed E-state index contributed by atoms with van der Waals surface area (Å²) in [6.45, 7) is -0.314. The van der Waals surface area contributed by atoms with Crippen molar-refractivity contribution in [2.75, 3.05) is 19.0 Å². The first kappa shape index (κ1) is 15.7. The van der Waals surface area contributed by atoms with Crippen molar-refractivity contribution in [3.05, 3.63) is 11.4 Å². The van der Waals surface area contributed by atoms with E-state index >= 15 is 0 Å². The zero-order valence-electron chi connectivity index (χ0n) is 11.4. The molecule has 1 aromatic rings. The maximum absolute atomic E-state index is 12.9. The van der Waals surface area contributed by atoms with Gasteiger partial charge in [-0.25, -0.2) is 4.98 Å². The van der Waals surface area contributed by atoms with Gasteiger partial charge in [-0.3, -0.25) is 0 Å². The number of ether oxygens (including phenoxy) is 1. The molecule has 0 atom stereocenters. The molecule has 1 aliphatic carbocycles. The molecule has 1 aromatic heterocycles. The van der Waals surface area contributed by atoms with Gasteiger partial charge < -0.3 is 10.1 Å². The maximum Gasteiger partial charge on any atom is 0.456 e. The predicted octanol–water partition coefficient (Wildman–Crippen LogP) is 3.28. The fourth-order valence-electron chi connectivity index (χ4n) is 1.66. The summed E-state index contributed by atoms with van der Waals surface area (Å²) in [5, 5.41) is 2.75. The van der Waals surface area contributed by atoms with Crippen LogP contribution in [0.25, 0.3) is 0 Å². The summed E-state index contributed by atoms with van der Waals surface area (Å²) < 4.78 is 66.8. The van der Waals surface area contributed by atoms with Crippen LogP contribution in [-0.2, 0) is 0 Å². The van der Waals surface area contributed by atoms with Gasteiger partial charge in [0, 0.05) is 13.0 Å². The van der Waals surface area contributed by atoms with Gasteiger partial charge in [-0.05, 0) is 19.8 Å². The standard InChI is InChI=1S/C12H14F5N3O/c1-6-8(18-2)19-9(7-3-4-7)20-10(6)21-5-11(13,14)12(15,16)17/h7H,3-5H2,1-2H3,(H,18,19,20). The van der Waals surface area contributed by atoms with Crippen LogP contribution in [0.2, 0.25) is 0 Å². The third-order valence-electron chi connectivity index (χ3n) is 3.10. The molecule has 0 bridgehead atoms. The lowest BCUT2D eigenvalue weighted by molar-refractivity contribution is -0.290. The van der Waals surface area contributed by atoms with Crippen molar-refractivity contribution < 1.29 is 26.7 Å². The number of anilines is 1. The lowest BCUT2D eigenvalue weighted by Gasteiger charge is -2.20. The molecule has 1 aliphatic rings. The Hall–Kier alpha value is -1.67. The predicted molar refractivity (Wildman–Crippen MR) is 64.8 cm³/mol. The molecule has 1 fully saturated rings. The number of nitrogens with zero attached hydrogens (tertiary/aromatic N) is 2. The summed E-state index contributed by atoms with van der Waals surface area (Å²) in [6, 6.07) is 0. The van der Waals surface area contributed by atoms with Gasteiger partial charge in [-0.1, -0.05) is 0 Å². The van der Waals surface area contributed by atoms with Crippen LogP contribution in [0.3, 0.4) is 0 Å². The van der Waals surface area contributed by atoms with Gasteiger partial charge in [0.25, 0.3) is 0 Å². The number of hydrogen-bond acceptors (Lipinski definition) is 4. The Morgan fingerprint density at radius 2 is 1.81 bits per heavy atom. The van der Waals surface area contributed by atoms with Crippen molar-refractivity contribution in [1.29, 1.82) is 0 Å². The first-order chi connectivity index (χ1) is 9.65. The van der Waals surface area contributed by atoms with Crippen molar-refractivity contribution >= 4 is 5.82 Å². The zero-order chi connectivity index (χ0) is 15.8. The van der Waals surface area contributed by atoms with E-state index in [9.17, 15) is 22.0 Å². The van der Waals surface area contributed by atoms with Crippen LogP contribution in [-0.4, -0.2) is 35.7 Å². The molecule has 0 aromatic carbocycles. The highest BCUT2D eigenvalue weighted by molar-refractivity contribution is 5.48. The second-order valence-electron chi connectivity index (χ2n) is 4.88. The molecule has 1 heterocycles. The van der Waals surface area contributed by atoms with Crippen LogP contribution in [0.15, 0.2) is 0 Å². The molecule has 9 heteroatoms. The fraction of sp³-hybridized carbons (Fsp3) is 0.667. The lowest BCUT2D eigenvalue weighted by atomic mass is 10.3. The van der Waals surface area contributed by atoms with Gasteiger partial charge in [0.1, 0.15) is 11.6 Å². The summed E-state index contributed by atoms with van der Waals surface area (Å²) in [6.07, 6.45) is -3.92. The highest BCUT2D eigenvalue weighted by Gasteiger charge is 2.58. The minimum Gasteiger partial charge on any atom is -0.471 e. The van der Waals surface area contributed by atoms with E-state index in [1.165, 1.54) is 6.92 Å². The summed E-state index contributed by atoms with van der Waals surface area (Å²) >= 11 is 0. The molecule has 0 aliphatic heterocycles. The quantitative estimate of drug-likeness (QED) is 0.848. The number of aromatic nitrogens is 2. The van der Waals surface area contributed by atoms with E-state index < -0.39 is 18.7 Å². The Bertz CT molecular complexity index is 528. The van der Waals surface area contributed by atoms with E-state index in [4.69, 9.17) is 0 Å². The average molecular weight is 311 g/mol. The normalized spacial score (nSPS) is 16.0. The second kappa shape index (κ2) is 5.27. The molecular formula is C12H14F5N3O.